The molecule has 0 aliphatic carbocycles. The molecule has 8 heteroatoms. The van der Waals surface area contributed by atoms with E-state index in [1.54, 1.807) is 28.5 Å². The van der Waals surface area contributed by atoms with Gasteiger partial charge in [0.25, 0.3) is 11.8 Å². The normalized spacial score (nSPS) is 10.9. The fraction of sp³-hybridized carbons (Fsp3) is 0.450. The van der Waals surface area contributed by atoms with Crippen molar-refractivity contribution in [3.8, 4) is 11.5 Å². The van der Waals surface area contributed by atoms with E-state index in [4.69, 9.17) is 9.47 Å². The zero-order valence-electron chi connectivity index (χ0n) is 17.1. The number of nitrogens with one attached hydrogen (secondary N) is 1. The Morgan fingerprint density at radius 3 is 2.25 bits per heavy atom. The molecule has 0 aliphatic rings. The number of hydrogen-bond acceptors (Lipinski definition) is 6. The van der Waals surface area contributed by atoms with Crippen LogP contribution in [0.25, 0.3) is 0 Å². The first-order chi connectivity index (χ1) is 13.3. The molecule has 0 unspecified atom stereocenters. The maximum Gasteiger partial charge on any atom is 0.270 e. The number of carbonyl (C=O) groups is 2. The predicted molar refractivity (Wildman–Crippen MR) is 109 cm³/mol. The van der Waals surface area contributed by atoms with Gasteiger partial charge in [0, 0.05) is 17.5 Å². The highest BCUT2D eigenvalue weighted by Gasteiger charge is 2.27. The fourth-order valence-corrected chi connectivity index (χ4v) is 3.44. The molecule has 1 aromatic heterocycles. The Hall–Kier alpha value is -2.61. The summed E-state index contributed by atoms with van der Waals surface area (Å²) < 4.78 is 10.7. The van der Waals surface area contributed by atoms with Gasteiger partial charge in [-0.1, -0.05) is 6.07 Å². The van der Waals surface area contributed by atoms with E-state index in [1.807, 2.05) is 27.7 Å². The highest BCUT2D eigenvalue weighted by atomic mass is 32.1. The van der Waals surface area contributed by atoms with Gasteiger partial charge in [0.1, 0.15) is 27.8 Å². The Bertz CT molecular complexity index is 810. The van der Waals surface area contributed by atoms with Crippen LogP contribution in [-0.4, -0.2) is 48.0 Å². The number of aromatic nitrogens is 1. The summed E-state index contributed by atoms with van der Waals surface area (Å²) in [5, 5.41) is 5.21. The molecular formula is C20H27N3O4S. The fourth-order valence-electron chi connectivity index (χ4n) is 2.66. The highest BCUT2D eigenvalue weighted by Crippen LogP contribution is 2.30. The zero-order valence-corrected chi connectivity index (χ0v) is 17.9. The van der Waals surface area contributed by atoms with Crippen molar-refractivity contribution in [2.75, 3.05) is 14.2 Å². The van der Waals surface area contributed by atoms with Crippen molar-refractivity contribution in [3.05, 3.63) is 39.8 Å². The van der Waals surface area contributed by atoms with Gasteiger partial charge >= 0.3 is 0 Å². The third-order valence-corrected chi connectivity index (χ3v) is 4.87. The lowest BCUT2D eigenvalue weighted by molar-refractivity contribution is 0.0683. The number of hydrogen-bond donors (Lipinski definition) is 1. The van der Waals surface area contributed by atoms with E-state index < -0.39 is 0 Å². The third-order valence-electron chi connectivity index (χ3n) is 4.04. The van der Waals surface area contributed by atoms with E-state index in [-0.39, 0.29) is 30.4 Å². The molecule has 2 rings (SSSR count). The summed E-state index contributed by atoms with van der Waals surface area (Å²) in [6.45, 7) is 7.94. The molecule has 0 spiro atoms. The van der Waals surface area contributed by atoms with Crippen LogP contribution in [0.4, 0.5) is 0 Å². The van der Waals surface area contributed by atoms with Gasteiger partial charge in [0.15, 0.2) is 0 Å². The minimum absolute atomic E-state index is 0.0319. The second-order valence-electron chi connectivity index (χ2n) is 6.82. The van der Waals surface area contributed by atoms with Crippen LogP contribution in [0.2, 0.25) is 0 Å². The van der Waals surface area contributed by atoms with Crippen LogP contribution in [0.5, 0.6) is 11.5 Å². The minimum Gasteiger partial charge on any atom is -0.496 e. The highest BCUT2D eigenvalue weighted by molar-refractivity contribution is 7.09. The largest absolute Gasteiger partial charge is 0.496 e. The average molecular weight is 406 g/mol. The molecule has 2 amide bonds. The Labute approximate surface area is 169 Å². The summed E-state index contributed by atoms with van der Waals surface area (Å²) in [6.07, 6.45) is 0. The van der Waals surface area contributed by atoms with Gasteiger partial charge in [-0.2, -0.15) is 0 Å². The third kappa shape index (κ3) is 5.01. The van der Waals surface area contributed by atoms with Crippen molar-refractivity contribution in [1.82, 2.24) is 15.2 Å². The van der Waals surface area contributed by atoms with E-state index in [9.17, 15) is 9.59 Å². The van der Waals surface area contributed by atoms with Crippen LogP contribution < -0.4 is 14.8 Å². The molecule has 0 saturated carbocycles. The minimum atomic E-state index is -0.216. The topological polar surface area (TPSA) is 80.8 Å². The van der Waals surface area contributed by atoms with E-state index in [1.165, 1.54) is 25.6 Å². The van der Waals surface area contributed by atoms with E-state index in [2.05, 4.69) is 10.3 Å². The number of ether oxygens (including phenoxy) is 2. The van der Waals surface area contributed by atoms with E-state index >= 15 is 0 Å². The van der Waals surface area contributed by atoms with Gasteiger partial charge < -0.3 is 19.7 Å². The second kappa shape index (κ2) is 9.54. The van der Waals surface area contributed by atoms with Crippen LogP contribution in [0.1, 0.15) is 53.5 Å². The lowest BCUT2D eigenvalue weighted by atomic mass is 10.1. The molecule has 28 heavy (non-hydrogen) atoms. The molecule has 7 nitrogen and oxygen atoms in total. The van der Waals surface area contributed by atoms with Crippen molar-refractivity contribution in [2.24, 2.45) is 0 Å². The Morgan fingerprint density at radius 2 is 1.75 bits per heavy atom. The standard InChI is InChI=1S/C20H27N3O4S/c1-12(2)21-19(24)14-11-28-17(22-14)10-23(13(3)4)20(25)18-15(26-5)8-7-9-16(18)27-6/h7-9,11-13H,10H2,1-6H3,(H,21,24). The monoisotopic (exact) mass is 405 g/mol. The molecule has 0 saturated heterocycles. The first-order valence-electron chi connectivity index (χ1n) is 9.05. The Morgan fingerprint density at radius 1 is 1.14 bits per heavy atom. The van der Waals surface area contributed by atoms with Crippen LogP contribution in [-0.2, 0) is 6.54 Å². The van der Waals surface area contributed by atoms with Crippen LogP contribution in [0.3, 0.4) is 0 Å². The van der Waals surface area contributed by atoms with Crippen LogP contribution >= 0.6 is 11.3 Å². The first kappa shape index (κ1) is 21.7. The smallest absolute Gasteiger partial charge is 0.270 e. The predicted octanol–water partition coefficient (Wildman–Crippen LogP) is 3.35. The lowest BCUT2D eigenvalue weighted by Gasteiger charge is -2.27. The van der Waals surface area contributed by atoms with Gasteiger partial charge in [-0.3, -0.25) is 9.59 Å². The van der Waals surface area contributed by atoms with Crippen molar-refractivity contribution >= 4 is 23.2 Å². The van der Waals surface area contributed by atoms with Crippen molar-refractivity contribution in [1.29, 1.82) is 0 Å². The molecule has 152 valence electrons. The number of nitrogens with zero attached hydrogens (tertiary/aromatic N) is 2. The number of rotatable bonds is 8. The number of methoxy groups -OCH3 is 2. The van der Waals surface area contributed by atoms with Gasteiger partial charge in [0.05, 0.1) is 20.8 Å². The van der Waals surface area contributed by atoms with Crippen LogP contribution in [0, 0.1) is 0 Å². The average Bonchev–Trinajstić information content (AvgIpc) is 3.13. The Kier molecular flexibility index (Phi) is 7.39. The van der Waals surface area contributed by atoms with Crippen molar-refractivity contribution < 1.29 is 19.1 Å². The Balaban J connectivity index is 2.29. The molecule has 0 fully saturated rings. The van der Waals surface area contributed by atoms with E-state index in [0.717, 1.165) is 0 Å². The molecule has 1 heterocycles. The molecule has 0 bridgehead atoms. The molecule has 0 aliphatic heterocycles. The molecule has 1 N–H and O–H groups in total. The SMILES string of the molecule is COc1cccc(OC)c1C(=O)N(Cc1nc(C(=O)NC(C)C)cs1)C(C)C. The van der Waals surface area contributed by atoms with Gasteiger partial charge in [-0.25, -0.2) is 4.98 Å². The number of carbonyl (C=O) groups excluding carboxylic acids is 2. The maximum absolute atomic E-state index is 13.3. The molecule has 0 radical (unpaired) electrons. The summed E-state index contributed by atoms with van der Waals surface area (Å²) in [5.74, 6) is 0.469. The molecule has 1 aromatic carbocycles. The zero-order chi connectivity index (χ0) is 20.8. The summed E-state index contributed by atoms with van der Waals surface area (Å²) in [4.78, 5) is 31.5. The number of amides is 2. The molecular weight excluding hydrogens is 378 g/mol. The van der Waals surface area contributed by atoms with Gasteiger partial charge in [-0.05, 0) is 39.8 Å². The van der Waals surface area contributed by atoms with Gasteiger partial charge in [-0.15, -0.1) is 11.3 Å². The summed E-state index contributed by atoms with van der Waals surface area (Å²) >= 11 is 1.35. The quantitative estimate of drug-likeness (QED) is 0.728. The number of benzene rings is 1. The van der Waals surface area contributed by atoms with Crippen molar-refractivity contribution in [2.45, 2.75) is 46.3 Å². The molecule has 0 atom stereocenters. The van der Waals surface area contributed by atoms with Gasteiger partial charge in [0.2, 0.25) is 0 Å². The van der Waals surface area contributed by atoms with Crippen LogP contribution in [0.15, 0.2) is 23.6 Å². The number of thiazole rings is 1. The molecule has 2 aromatic rings. The summed E-state index contributed by atoms with van der Waals surface area (Å²) in [6, 6.07) is 5.18. The maximum atomic E-state index is 13.3. The first-order valence-corrected chi connectivity index (χ1v) is 9.93. The summed E-state index contributed by atoms with van der Waals surface area (Å²) in [7, 11) is 3.04. The van der Waals surface area contributed by atoms with Crippen molar-refractivity contribution in [3.63, 3.8) is 0 Å². The summed E-state index contributed by atoms with van der Waals surface area (Å²) in [5.41, 5.74) is 0.732. The lowest BCUT2D eigenvalue weighted by Crippen LogP contribution is -2.37. The van der Waals surface area contributed by atoms with E-state index in [0.29, 0.717) is 27.8 Å². The second-order valence-corrected chi connectivity index (χ2v) is 7.76.